The number of Topliss-reactive ketones (excluding diaryl/α,β-unsaturated/α-hetero) is 1. The lowest BCUT2D eigenvalue weighted by Crippen LogP contribution is -2.54. The number of ketones is 1. The molecule has 0 bridgehead atoms. The van der Waals surface area contributed by atoms with Gasteiger partial charge < -0.3 is 30.0 Å². The van der Waals surface area contributed by atoms with Crippen LogP contribution in [0, 0.1) is 145 Å². The van der Waals surface area contributed by atoms with Crippen molar-refractivity contribution in [2.75, 3.05) is 0 Å². The molecule has 486 valence electrons. The summed E-state index contributed by atoms with van der Waals surface area (Å²) in [4.78, 5) is 37.4. The molecular formula is C78H132O7. The van der Waals surface area contributed by atoms with Gasteiger partial charge in [-0.25, -0.2) is 0 Å². The van der Waals surface area contributed by atoms with E-state index in [1.807, 2.05) is 6.92 Å². The molecule has 11 aliphatic rings. The molecule has 0 amide bonds. The molecule has 0 aromatic rings. The molecule has 0 spiro atoms. The third-order valence-electron chi connectivity index (χ3n) is 29.6. The first-order valence-electron chi connectivity index (χ1n) is 44.1. The molecule has 26 atom stereocenters. The highest BCUT2D eigenvalue weighted by Crippen LogP contribution is 2.74. The number of aliphatic hydroxyl groups excluding tert-OH is 3. The largest absolute Gasteiger partial charge is 0.393 e. The Labute approximate surface area is 546 Å². The Hall–Kier alpha value is -1.41. The smallest absolute Gasteiger partial charge is 0.141 e. The molecule has 0 aliphatic heterocycles. The highest BCUT2D eigenvalue weighted by atomic mass is 16.3. The first kappa shape index (κ1) is 47.5. The Bertz CT molecular complexity index is 2920. The van der Waals surface area contributed by atoms with Crippen LogP contribution in [0.15, 0.2) is 11.6 Å². The van der Waals surface area contributed by atoms with Gasteiger partial charge >= 0.3 is 0 Å². The minimum Gasteiger partial charge on any atom is -0.393 e. The third kappa shape index (κ3) is 12.3. The molecule has 85 heavy (non-hydrogen) atoms. The van der Waals surface area contributed by atoms with E-state index in [0.29, 0.717) is 98.2 Å². The molecule has 10 saturated carbocycles. The van der Waals surface area contributed by atoms with Gasteiger partial charge in [0.15, 0.2) is 0 Å². The Morgan fingerprint density at radius 3 is 1.53 bits per heavy atom. The van der Waals surface area contributed by atoms with Crippen LogP contribution in [0.4, 0.5) is 0 Å². The number of aliphatic hydroxyl groups is 4. The summed E-state index contributed by atoms with van der Waals surface area (Å²) in [5.74, 6) is 1.12. The Morgan fingerprint density at radius 2 is 1.00 bits per heavy atom. The minimum atomic E-state index is -2.50. The molecule has 7 heteroatoms. The summed E-state index contributed by atoms with van der Waals surface area (Å²) < 4.78 is 139. The van der Waals surface area contributed by atoms with E-state index in [4.69, 9.17) is 24.7 Å². The second kappa shape index (κ2) is 26.3. The summed E-state index contributed by atoms with van der Waals surface area (Å²) >= 11 is 0. The van der Waals surface area contributed by atoms with Crippen molar-refractivity contribution in [3.8, 4) is 0 Å². The van der Waals surface area contributed by atoms with Crippen LogP contribution >= 0.6 is 0 Å². The van der Waals surface area contributed by atoms with Crippen molar-refractivity contribution in [2.24, 2.45) is 145 Å². The van der Waals surface area contributed by atoms with Crippen LogP contribution in [0.25, 0.3) is 0 Å². The van der Waals surface area contributed by atoms with E-state index in [1.54, 1.807) is 0 Å². The number of hydrogen-bond donors (Lipinski definition) is 4. The van der Waals surface area contributed by atoms with E-state index in [0.717, 1.165) is 96.0 Å². The van der Waals surface area contributed by atoms with Gasteiger partial charge in [0.25, 0.3) is 0 Å². The minimum absolute atomic E-state index is 0.00730. The fourth-order valence-corrected chi connectivity index (χ4v) is 24.9. The van der Waals surface area contributed by atoms with Crippen molar-refractivity contribution in [3.05, 3.63) is 11.6 Å². The number of carbonyl (C=O) groups excluding carboxylic acids is 3. The van der Waals surface area contributed by atoms with Crippen molar-refractivity contribution in [3.63, 3.8) is 0 Å². The number of carbonyl (C=O) groups is 3. The Balaban J connectivity index is 0.000000180. The number of hydrogen-bond acceptors (Lipinski definition) is 7. The maximum atomic E-state index is 13.1. The van der Waals surface area contributed by atoms with Crippen LogP contribution in [-0.4, -0.2) is 62.7 Å². The first-order valence-corrected chi connectivity index (χ1v) is 35.1. The zero-order valence-corrected chi connectivity index (χ0v) is 54.5. The topological polar surface area (TPSA) is 132 Å². The molecule has 11 aliphatic carbocycles. The van der Waals surface area contributed by atoms with Crippen LogP contribution in [-0.2, 0) is 14.4 Å². The second-order valence-corrected chi connectivity index (χ2v) is 33.4. The van der Waals surface area contributed by atoms with Gasteiger partial charge in [-0.3, -0.25) is 4.79 Å². The Morgan fingerprint density at radius 1 is 0.529 bits per heavy atom. The lowest BCUT2D eigenvalue weighted by atomic mass is 9.47. The lowest BCUT2D eigenvalue weighted by molar-refractivity contribution is -0.156. The van der Waals surface area contributed by atoms with E-state index in [9.17, 15) is 34.8 Å². The van der Waals surface area contributed by atoms with E-state index in [2.05, 4.69) is 61.5 Å². The SMILES string of the molecule is [2H]C([2H])([2H])C(CC[C@@H](C)[C@H]1CCC2C(CC=O)C([C@@]3(C)CC[C@H](O)CC3=O)CC[C@@]21C)C([2H])([2H])[2H].[2H]C([2H])([2H])C(CC[C@@H](C)[C@H]1CCC2C3C(C=O)[C@]4(O)C[C@@H](O)CC[C@]4(C)C3CC[C@@]21C)C([2H])([2H])[2H].[2H]C([2H])([2H])C(CC[C@@H](C)[C@H]1CCC2C3CC=C4C[C@@H](O)CC[C@]4(C)C3CC[C@@]21C)C([2H])([2H])[2H]. The van der Waals surface area contributed by atoms with Gasteiger partial charge in [0.2, 0.25) is 0 Å². The van der Waals surface area contributed by atoms with Crippen molar-refractivity contribution in [1.82, 2.24) is 0 Å². The molecular weight excluding hydrogens is 1050 g/mol. The lowest BCUT2D eigenvalue weighted by Gasteiger charge is -2.58. The second-order valence-electron chi connectivity index (χ2n) is 33.4. The zero-order chi connectivity index (χ0) is 77.0. The quantitative estimate of drug-likeness (QED) is 0.0894. The number of aldehydes is 2. The molecule has 0 radical (unpaired) electrons. The van der Waals surface area contributed by atoms with Crippen molar-refractivity contribution in [1.29, 1.82) is 0 Å². The van der Waals surface area contributed by atoms with Gasteiger partial charge in [0, 0.05) is 60.7 Å². The van der Waals surface area contributed by atoms with Crippen molar-refractivity contribution >= 4 is 18.4 Å². The van der Waals surface area contributed by atoms with E-state index in [1.165, 1.54) is 31.3 Å². The van der Waals surface area contributed by atoms with Crippen LogP contribution in [0.3, 0.4) is 0 Å². The summed E-state index contributed by atoms with van der Waals surface area (Å²) in [6, 6.07) is 0. The normalized spacial score (nSPS) is 52.2. The maximum absolute atomic E-state index is 13.1. The summed E-state index contributed by atoms with van der Waals surface area (Å²) in [6.45, 7) is 5.39. The van der Waals surface area contributed by atoms with Gasteiger partial charge in [0.1, 0.15) is 18.4 Å². The van der Waals surface area contributed by atoms with Gasteiger partial charge in [-0.05, 0) is 257 Å². The molecule has 11 rings (SSSR count). The maximum Gasteiger partial charge on any atom is 0.141 e. The van der Waals surface area contributed by atoms with Crippen LogP contribution in [0.5, 0.6) is 0 Å². The van der Waals surface area contributed by atoms with Gasteiger partial charge in [-0.2, -0.15) is 0 Å². The van der Waals surface area contributed by atoms with E-state index < -0.39 is 88.0 Å². The van der Waals surface area contributed by atoms with Crippen molar-refractivity contribution in [2.45, 2.75) is 314 Å². The fourth-order valence-electron chi connectivity index (χ4n) is 24.9. The summed E-state index contributed by atoms with van der Waals surface area (Å²) in [7, 11) is 0. The number of fused-ring (bicyclic) bond motifs is 11. The van der Waals surface area contributed by atoms with Gasteiger partial charge in [-0.15, -0.1) is 0 Å². The summed E-state index contributed by atoms with van der Waals surface area (Å²) in [6.07, 6.45) is 25.8. The predicted octanol–water partition coefficient (Wildman–Crippen LogP) is 18.1. The highest BCUT2D eigenvalue weighted by molar-refractivity contribution is 5.86. The average molecular weight is 1200 g/mol. The van der Waals surface area contributed by atoms with Crippen LogP contribution in [0.1, 0.15) is 314 Å². The molecule has 0 aromatic carbocycles. The number of rotatable bonds is 16. The monoisotopic (exact) mass is 1200 g/mol. The van der Waals surface area contributed by atoms with Crippen LogP contribution in [0.2, 0.25) is 0 Å². The van der Waals surface area contributed by atoms with Gasteiger partial charge in [0.05, 0.1) is 23.9 Å². The molecule has 0 saturated heterocycles. The van der Waals surface area contributed by atoms with Crippen LogP contribution < -0.4 is 0 Å². The first-order chi connectivity index (χ1) is 47.2. The van der Waals surface area contributed by atoms with Gasteiger partial charge in [-0.1, -0.05) is 154 Å². The molecule has 4 N–H and O–H groups in total. The average Bonchev–Trinajstić information content (AvgIpc) is 1.53. The molecule has 0 aromatic heterocycles. The summed E-state index contributed by atoms with van der Waals surface area (Å²) in [5, 5.41) is 42.5. The standard InChI is InChI=1S/2C26H44O3.C26H44O/c1-16(2)6-7-17(3)19-8-9-20-23-21(11-12-24(19,20)4)25(5)13-10-18(28)14-26(25,29)22(23)15-27;1-17(2)6-7-18(3)21-8-9-22-20(12-15-27)23(11-14-25(21,22)4)26(5)13-10-19(28)16-24(26)29;1-17(2)6-7-18(3)22-10-11-23-21-9-8-19-16-20(27)12-14-25(19,4)24(21)13-15-26(22,23)5/h15-23,28-29H,6-14H2,1-5H3;15,17-23,28H,6-14,16H2,1-5H3;8,17-18,20-24,27H,6-7,9-16H2,1-5H3/t17-,18+,19-,20?,21?,22?,23?,24-,25-,26-;18-,19+,20?,21-,22?,23?,25-,26-;18-,20+,21?,22-,23?,24?,25+,26-/m111/s1/i3*1D3,2D3. The molecule has 10 unspecified atom stereocenters. The summed E-state index contributed by atoms with van der Waals surface area (Å²) in [5.41, 5.74) is -0.0165. The highest BCUT2D eigenvalue weighted by Gasteiger charge is 2.72. The molecule has 7 nitrogen and oxygen atoms in total. The van der Waals surface area contributed by atoms with Crippen molar-refractivity contribution < 1.29 is 59.5 Å². The fraction of sp³-hybridized carbons (Fsp3) is 0.936. The predicted molar refractivity (Wildman–Crippen MR) is 348 cm³/mol. The molecule has 10 fully saturated rings. The molecule has 0 heterocycles. The third-order valence-corrected chi connectivity index (χ3v) is 29.6. The number of allylic oxidation sites excluding steroid dienone is 1. The van der Waals surface area contributed by atoms with E-state index >= 15 is 0 Å². The Kier molecular flexibility index (Phi) is 14.7. The van der Waals surface area contributed by atoms with E-state index in [-0.39, 0.29) is 107 Å². The zero-order valence-electron chi connectivity index (χ0n) is 72.5.